The quantitative estimate of drug-likeness (QED) is 0.557. The van der Waals surface area contributed by atoms with Crippen LogP contribution in [0.2, 0.25) is 0 Å². The largest absolute Gasteiger partial charge is 0.355 e. The minimum atomic E-state index is -3.26. The molecule has 0 aromatic rings. The third-order valence-electron chi connectivity index (χ3n) is 3.12. The second-order valence-corrected chi connectivity index (χ2v) is 6.63. The molecule has 0 aromatic heterocycles. The molecule has 0 bridgehead atoms. The van der Waals surface area contributed by atoms with Crippen molar-refractivity contribution in [2.75, 3.05) is 25.4 Å². The fraction of sp³-hybridized carbons (Fsp3) is 0.909. The highest BCUT2D eigenvalue weighted by Gasteiger charge is 2.20. The van der Waals surface area contributed by atoms with E-state index < -0.39 is 10.0 Å². The van der Waals surface area contributed by atoms with Gasteiger partial charge in [0.15, 0.2) is 0 Å². The van der Waals surface area contributed by atoms with E-state index in [4.69, 9.17) is 5.73 Å². The molecule has 0 aliphatic heterocycles. The maximum atomic E-state index is 11.6. The molecule has 0 aromatic carbocycles. The van der Waals surface area contributed by atoms with E-state index in [2.05, 4.69) is 10.0 Å². The molecule has 4 N–H and O–H groups in total. The van der Waals surface area contributed by atoms with Crippen molar-refractivity contribution in [1.82, 2.24) is 10.0 Å². The molecule has 0 unspecified atom stereocenters. The molecule has 1 aliphatic rings. The first-order valence-corrected chi connectivity index (χ1v) is 8.13. The summed E-state index contributed by atoms with van der Waals surface area (Å²) >= 11 is 0. The van der Waals surface area contributed by atoms with Crippen LogP contribution in [0.15, 0.2) is 0 Å². The van der Waals surface area contributed by atoms with Crippen LogP contribution in [0.4, 0.5) is 0 Å². The number of sulfonamides is 1. The normalized spacial score (nSPS) is 15.4. The summed E-state index contributed by atoms with van der Waals surface area (Å²) in [6.45, 7) is 1.15. The van der Waals surface area contributed by atoms with Crippen molar-refractivity contribution in [1.29, 1.82) is 0 Å². The van der Waals surface area contributed by atoms with Gasteiger partial charge in [0.1, 0.15) is 0 Å². The molecule has 114 valence electrons. The lowest BCUT2D eigenvalue weighted by Gasteiger charge is -2.25. The summed E-state index contributed by atoms with van der Waals surface area (Å²) in [7, 11) is -3.26. The van der Waals surface area contributed by atoms with E-state index in [1.165, 1.54) is 6.42 Å². The number of carbonyl (C=O) groups is 1. The summed E-state index contributed by atoms with van der Waals surface area (Å²) < 4.78 is 25.8. The molecule has 6 nitrogen and oxygen atoms in total. The summed E-state index contributed by atoms with van der Waals surface area (Å²) in [4.78, 5) is 11.2. The number of nitrogens with two attached hydrogens (primary N) is 1. The third-order valence-corrected chi connectivity index (χ3v) is 4.47. The molecule has 1 fully saturated rings. The monoisotopic (exact) mass is 313 g/mol. The first-order valence-electron chi connectivity index (χ1n) is 6.47. The van der Waals surface area contributed by atoms with E-state index in [0.29, 0.717) is 31.8 Å². The van der Waals surface area contributed by atoms with Crippen molar-refractivity contribution in [2.45, 2.75) is 32.1 Å². The Morgan fingerprint density at radius 2 is 2.00 bits per heavy atom. The highest BCUT2D eigenvalue weighted by atomic mass is 35.5. The number of carbonyl (C=O) groups excluding carboxylic acids is 1. The van der Waals surface area contributed by atoms with Crippen LogP contribution in [0.1, 0.15) is 32.1 Å². The highest BCUT2D eigenvalue weighted by molar-refractivity contribution is 7.89. The molecule has 1 aliphatic carbocycles. The zero-order valence-corrected chi connectivity index (χ0v) is 12.7. The van der Waals surface area contributed by atoms with Crippen LogP contribution in [-0.4, -0.2) is 39.7 Å². The Labute approximate surface area is 121 Å². The topological polar surface area (TPSA) is 101 Å². The van der Waals surface area contributed by atoms with Crippen molar-refractivity contribution in [3.63, 3.8) is 0 Å². The summed E-state index contributed by atoms with van der Waals surface area (Å²) in [5, 5.41) is 2.58. The van der Waals surface area contributed by atoms with Gasteiger partial charge in [0.05, 0.1) is 5.75 Å². The van der Waals surface area contributed by atoms with Gasteiger partial charge in [-0.2, -0.15) is 0 Å². The lowest BCUT2D eigenvalue weighted by Crippen LogP contribution is -2.37. The van der Waals surface area contributed by atoms with Gasteiger partial charge in [0.25, 0.3) is 0 Å². The van der Waals surface area contributed by atoms with Crippen molar-refractivity contribution in [3.8, 4) is 0 Å². The van der Waals surface area contributed by atoms with E-state index in [1.807, 2.05) is 0 Å². The van der Waals surface area contributed by atoms with Crippen LogP contribution >= 0.6 is 12.4 Å². The fourth-order valence-electron chi connectivity index (χ4n) is 1.69. The maximum Gasteiger partial charge on any atom is 0.220 e. The Hall–Kier alpha value is -0.370. The molecule has 0 atom stereocenters. The van der Waals surface area contributed by atoms with Gasteiger partial charge in [0, 0.05) is 19.5 Å². The van der Waals surface area contributed by atoms with Crippen LogP contribution in [0.3, 0.4) is 0 Å². The average Bonchev–Trinajstić information content (AvgIpc) is 2.23. The van der Waals surface area contributed by atoms with Crippen LogP contribution in [0.25, 0.3) is 0 Å². The molecule has 1 rings (SSSR count). The Balaban J connectivity index is 0.00000324. The van der Waals surface area contributed by atoms with Gasteiger partial charge in [-0.3, -0.25) is 4.79 Å². The number of amides is 1. The minimum absolute atomic E-state index is 0. The molecule has 19 heavy (non-hydrogen) atoms. The number of nitrogens with one attached hydrogen (secondary N) is 2. The molecule has 0 spiro atoms. The van der Waals surface area contributed by atoms with Crippen LogP contribution in [-0.2, 0) is 14.8 Å². The van der Waals surface area contributed by atoms with Gasteiger partial charge >= 0.3 is 0 Å². The smallest absolute Gasteiger partial charge is 0.220 e. The Morgan fingerprint density at radius 1 is 1.32 bits per heavy atom. The summed E-state index contributed by atoms with van der Waals surface area (Å²) in [6.07, 6.45) is 4.39. The standard InChI is InChI=1S/C11H23N3O3S.ClH/c12-6-2-5-11(15)13-7-8-18(16,17)14-9-10-3-1-4-10;/h10,14H,1-9,12H2,(H,13,15);1H. The van der Waals surface area contributed by atoms with E-state index in [1.54, 1.807) is 0 Å². The first-order chi connectivity index (χ1) is 8.53. The Kier molecular flexibility index (Phi) is 9.34. The number of hydrogen-bond acceptors (Lipinski definition) is 4. The Bertz CT molecular complexity index is 358. The lowest BCUT2D eigenvalue weighted by molar-refractivity contribution is -0.121. The van der Waals surface area contributed by atoms with E-state index >= 15 is 0 Å². The molecular formula is C11H24ClN3O3S. The van der Waals surface area contributed by atoms with Gasteiger partial charge in [-0.15, -0.1) is 12.4 Å². The van der Waals surface area contributed by atoms with Gasteiger partial charge in [-0.25, -0.2) is 13.1 Å². The first kappa shape index (κ1) is 18.6. The molecule has 1 amide bonds. The minimum Gasteiger partial charge on any atom is -0.355 e. The zero-order valence-electron chi connectivity index (χ0n) is 11.1. The summed E-state index contributed by atoms with van der Waals surface area (Å²) in [5.41, 5.74) is 5.28. The van der Waals surface area contributed by atoms with E-state index in [9.17, 15) is 13.2 Å². The van der Waals surface area contributed by atoms with Gasteiger partial charge in [-0.1, -0.05) is 6.42 Å². The van der Waals surface area contributed by atoms with Crippen molar-refractivity contribution in [2.24, 2.45) is 11.7 Å². The van der Waals surface area contributed by atoms with Gasteiger partial charge in [-0.05, 0) is 31.7 Å². The summed E-state index contributed by atoms with van der Waals surface area (Å²) in [6, 6.07) is 0. The third kappa shape index (κ3) is 8.41. The molecular weight excluding hydrogens is 290 g/mol. The maximum absolute atomic E-state index is 11.6. The van der Waals surface area contributed by atoms with E-state index in [-0.39, 0.29) is 30.6 Å². The van der Waals surface area contributed by atoms with Crippen molar-refractivity contribution in [3.05, 3.63) is 0 Å². The van der Waals surface area contributed by atoms with Crippen molar-refractivity contribution >= 4 is 28.3 Å². The predicted octanol–water partition coefficient (Wildman–Crippen LogP) is -0.0172. The van der Waals surface area contributed by atoms with E-state index in [0.717, 1.165) is 12.8 Å². The molecule has 8 heteroatoms. The molecule has 0 radical (unpaired) electrons. The number of halogens is 1. The second kappa shape index (κ2) is 9.52. The van der Waals surface area contributed by atoms with Crippen LogP contribution in [0.5, 0.6) is 0 Å². The molecule has 0 saturated heterocycles. The lowest BCUT2D eigenvalue weighted by atomic mass is 9.86. The highest BCUT2D eigenvalue weighted by Crippen LogP contribution is 2.25. The fourth-order valence-corrected chi connectivity index (χ4v) is 2.69. The van der Waals surface area contributed by atoms with Crippen LogP contribution < -0.4 is 15.8 Å². The number of rotatable bonds is 9. The zero-order chi connectivity index (χ0) is 13.4. The SMILES string of the molecule is Cl.NCCCC(=O)NCCS(=O)(=O)NCC1CCC1. The second-order valence-electron chi connectivity index (χ2n) is 4.71. The number of hydrogen-bond donors (Lipinski definition) is 3. The van der Waals surface area contributed by atoms with Crippen molar-refractivity contribution < 1.29 is 13.2 Å². The Morgan fingerprint density at radius 3 is 2.53 bits per heavy atom. The molecule has 0 heterocycles. The molecule has 1 saturated carbocycles. The van der Waals surface area contributed by atoms with Gasteiger partial charge < -0.3 is 11.1 Å². The summed E-state index contributed by atoms with van der Waals surface area (Å²) in [5.74, 6) is 0.294. The average molecular weight is 314 g/mol. The van der Waals surface area contributed by atoms with Crippen LogP contribution in [0, 0.1) is 5.92 Å². The predicted molar refractivity (Wildman–Crippen MR) is 77.7 cm³/mol. The van der Waals surface area contributed by atoms with Gasteiger partial charge in [0.2, 0.25) is 15.9 Å².